The monoisotopic (exact) mass is 495 g/mol. The highest BCUT2D eigenvalue weighted by Crippen LogP contribution is 2.26. The maximum absolute atomic E-state index is 12.0. The Hall–Kier alpha value is -3.66. The topological polar surface area (TPSA) is 114 Å². The summed E-state index contributed by atoms with van der Waals surface area (Å²) in [5, 5.41) is 3.23. The number of carbonyl (C=O) groups is 1. The molecule has 1 fully saturated rings. The first-order valence-electron chi connectivity index (χ1n) is 11.5. The molecule has 0 spiro atoms. The zero-order valence-electron chi connectivity index (χ0n) is 19.8. The second kappa shape index (κ2) is 10.7. The molecule has 0 amide bonds. The Labute approximate surface area is 205 Å². The number of ether oxygens (including phenoxy) is 1. The summed E-state index contributed by atoms with van der Waals surface area (Å²) in [5.74, 6) is 0.364. The SMILES string of the molecule is CCOC(=O)C1CCN(c2ccc(Nc3nccc(-c4ccc(NS(C)(=O)=O)cc4)n3)cc2)CC1. The van der Waals surface area contributed by atoms with Crippen molar-refractivity contribution in [3.05, 3.63) is 60.8 Å². The highest BCUT2D eigenvalue weighted by atomic mass is 32.2. The lowest BCUT2D eigenvalue weighted by atomic mass is 9.96. The summed E-state index contributed by atoms with van der Waals surface area (Å²) in [5.41, 5.74) is 4.02. The van der Waals surface area contributed by atoms with Crippen molar-refractivity contribution >= 4 is 39.0 Å². The van der Waals surface area contributed by atoms with Gasteiger partial charge in [-0.15, -0.1) is 0 Å². The fraction of sp³-hybridized carbons (Fsp3) is 0.320. The van der Waals surface area contributed by atoms with E-state index in [1.54, 1.807) is 36.5 Å². The van der Waals surface area contributed by atoms with Crippen molar-refractivity contribution in [2.75, 3.05) is 40.9 Å². The second-order valence-electron chi connectivity index (χ2n) is 8.40. The molecule has 0 unspecified atom stereocenters. The van der Waals surface area contributed by atoms with E-state index in [2.05, 4.69) is 24.9 Å². The maximum Gasteiger partial charge on any atom is 0.309 e. The Kier molecular flexibility index (Phi) is 7.50. The van der Waals surface area contributed by atoms with E-state index in [0.717, 1.165) is 54.8 Å². The van der Waals surface area contributed by atoms with Gasteiger partial charge in [-0.25, -0.2) is 18.4 Å². The van der Waals surface area contributed by atoms with Gasteiger partial charge >= 0.3 is 5.97 Å². The molecule has 0 saturated carbocycles. The molecule has 184 valence electrons. The molecule has 10 heteroatoms. The van der Waals surface area contributed by atoms with E-state index in [-0.39, 0.29) is 11.9 Å². The minimum Gasteiger partial charge on any atom is -0.466 e. The molecule has 35 heavy (non-hydrogen) atoms. The molecule has 2 aromatic carbocycles. The number of nitrogens with one attached hydrogen (secondary N) is 2. The molecule has 3 aromatic rings. The summed E-state index contributed by atoms with van der Waals surface area (Å²) in [6, 6.07) is 16.9. The molecule has 0 bridgehead atoms. The van der Waals surface area contributed by atoms with Crippen molar-refractivity contribution in [3.63, 3.8) is 0 Å². The van der Waals surface area contributed by atoms with Gasteiger partial charge in [-0.2, -0.15) is 0 Å². The van der Waals surface area contributed by atoms with E-state index in [9.17, 15) is 13.2 Å². The summed E-state index contributed by atoms with van der Waals surface area (Å²) in [6.45, 7) is 3.90. The molecule has 2 N–H and O–H groups in total. The van der Waals surface area contributed by atoms with Gasteiger partial charge in [0, 0.05) is 41.9 Å². The highest BCUT2D eigenvalue weighted by molar-refractivity contribution is 7.92. The van der Waals surface area contributed by atoms with Crippen LogP contribution in [0.1, 0.15) is 19.8 Å². The van der Waals surface area contributed by atoms with Gasteiger partial charge in [0.05, 0.1) is 24.5 Å². The van der Waals surface area contributed by atoms with Gasteiger partial charge < -0.3 is 15.0 Å². The lowest BCUT2D eigenvalue weighted by Crippen LogP contribution is -2.36. The van der Waals surface area contributed by atoms with Crippen molar-refractivity contribution in [2.24, 2.45) is 5.92 Å². The van der Waals surface area contributed by atoms with Crippen LogP contribution in [0, 0.1) is 5.92 Å². The van der Waals surface area contributed by atoms with Crippen LogP contribution in [0.25, 0.3) is 11.3 Å². The summed E-state index contributed by atoms with van der Waals surface area (Å²) >= 11 is 0. The van der Waals surface area contributed by atoms with Crippen LogP contribution < -0.4 is 14.9 Å². The van der Waals surface area contributed by atoms with Crippen molar-refractivity contribution in [1.29, 1.82) is 0 Å². The van der Waals surface area contributed by atoms with Crippen LogP contribution in [0.4, 0.5) is 23.0 Å². The van der Waals surface area contributed by atoms with Gasteiger partial charge in [0.25, 0.3) is 0 Å². The molecular formula is C25H29N5O4S. The number of rotatable bonds is 8. The van der Waals surface area contributed by atoms with Crippen molar-refractivity contribution < 1.29 is 17.9 Å². The van der Waals surface area contributed by atoms with Crippen LogP contribution in [0.15, 0.2) is 60.8 Å². The van der Waals surface area contributed by atoms with Gasteiger partial charge in [-0.3, -0.25) is 9.52 Å². The maximum atomic E-state index is 12.0. The van der Waals surface area contributed by atoms with Crippen molar-refractivity contribution in [2.45, 2.75) is 19.8 Å². The second-order valence-corrected chi connectivity index (χ2v) is 10.2. The molecule has 1 aliphatic rings. The van der Waals surface area contributed by atoms with Crippen LogP contribution in [0.2, 0.25) is 0 Å². The number of piperidine rings is 1. The predicted molar refractivity (Wildman–Crippen MR) is 137 cm³/mol. The number of esters is 1. The Morgan fingerprint density at radius 1 is 1.03 bits per heavy atom. The lowest BCUT2D eigenvalue weighted by molar-refractivity contribution is -0.148. The predicted octanol–water partition coefficient (Wildman–Crippen LogP) is 4.04. The van der Waals surface area contributed by atoms with Crippen LogP contribution in [0.3, 0.4) is 0 Å². The molecule has 0 atom stereocenters. The van der Waals surface area contributed by atoms with Crippen LogP contribution in [0.5, 0.6) is 0 Å². The molecule has 1 saturated heterocycles. The van der Waals surface area contributed by atoms with Gasteiger partial charge in [0.15, 0.2) is 0 Å². The lowest BCUT2D eigenvalue weighted by Gasteiger charge is -2.32. The van der Waals surface area contributed by atoms with Gasteiger partial charge in [0.1, 0.15) is 0 Å². The van der Waals surface area contributed by atoms with Gasteiger partial charge in [-0.05, 0) is 62.2 Å². The Morgan fingerprint density at radius 2 is 1.69 bits per heavy atom. The molecule has 2 heterocycles. The van der Waals surface area contributed by atoms with E-state index in [1.165, 1.54) is 0 Å². The number of hydrogen-bond donors (Lipinski definition) is 2. The number of sulfonamides is 1. The third-order valence-electron chi connectivity index (χ3n) is 5.74. The molecule has 4 rings (SSSR count). The van der Waals surface area contributed by atoms with Crippen LogP contribution >= 0.6 is 0 Å². The average Bonchev–Trinajstić information content (AvgIpc) is 2.84. The molecule has 0 radical (unpaired) electrons. The molecule has 0 aliphatic carbocycles. The minimum absolute atomic E-state index is 0.0104. The summed E-state index contributed by atoms with van der Waals surface area (Å²) in [4.78, 5) is 23.1. The van der Waals surface area contributed by atoms with Crippen molar-refractivity contribution in [3.8, 4) is 11.3 Å². The number of aromatic nitrogens is 2. The van der Waals surface area contributed by atoms with E-state index in [0.29, 0.717) is 18.2 Å². The van der Waals surface area contributed by atoms with E-state index in [1.807, 2.05) is 31.2 Å². The first-order chi connectivity index (χ1) is 16.8. The normalized spacial score (nSPS) is 14.4. The average molecular weight is 496 g/mol. The standard InChI is InChI=1S/C25H29N5O4S/c1-3-34-24(31)19-13-16-30(17-14-19)22-10-8-20(9-11-22)27-25-26-15-12-23(28-25)18-4-6-21(7-5-18)29-35(2,32)33/h4-12,15,19,29H,3,13-14,16-17H2,1-2H3,(H,26,27,28). The van der Waals surface area contributed by atoms with Gasteiger partial charge in [0.2, 0.25) is 16.0 Å². The molecule has 1 aromatic heterocycles. The summed E-state index contributed by atoms with van der Waals surface area (Å²) in [6.07, 6.45) is 4.38. The zero-order chi connectivity index (χ0) is 24.8. The Balaban J connectivity index is 1.37. The number of hydrogen-bond acceptors (Lipinski definition) is 8. The van der Waals surface area contributed by atoms with Crippen LogP contribution in [-0.4, -0.2) is 50.3 Å². The zero-order valence-corrected chi connectivity index (χ0v) is 20.6. The number of anilines is 4. The largest absolute Gasteiger partial charge is 0.466 e. The van der Waals surface area contributed by atoms with E-state index in [4.69, 9.17) is 4.74 Å². The van der Waals surface area contributed by atoms with E-state index >= 15 is 0 Å². The third kappa shape index (κ3) is 6.69. The van der Waals surface area contributed by atoms with E-state index < -0.39 is 10.0 Å². The van der Waals surface area contributed by atoms with Crippen LogP contribution in [-0.2, 0) is 19.6 Å². The molecule has 1 aliphatic heterocycles. The third-order valence-corrected chi connectivity index (χ3v) is 6.35. The number of nitrogens with zero attached hydrogens (tertiary/aromatic N) is 3. The number of carbonyl (C=O) groups excluding carboxylic acids is 1. The first kappa shape index (κ1) is 24.5. The molecular weight excluding hydrogens is 466 g/mol. The highest BCUT2D eigenvalue weighted by Gasteiger charge is 2.26. The Bertz CT molecular complexity index is 1260. The fourth-order valence-corrected chi connectivity index (χ4v) is 4.59. The van der Waals surface area contributed by atoms with Crippen molar-refractivity contribution in [1.82, 2.24) is 9.97 Å². The number of benzene rings is 2. The minimum atomic E-state index is -3.32. The first-order valence-corrected chi connectivity index (χ1v) is 13.4. The molecule has 9 nitrogen and oxygen atoms in total. The summed E-state index contributed by atoms with van der Waals surface area (Å²) < 4.78 is 30.4. The Morgan fingerprint density at radius 3 is 2.31 bits per heavy atom. The van der Waals surface area contributed by atoms with Gasteiger partial charge in [-0.1, -0.05) is 12.1 Å². The quantitative estimate of drug-likeness (QED) is 0.450. The summed E-state index contributed by atoms with van der Waals surface area (Å²) in [7, 11) is -3.32. The fourth-order valence-electron chi connectivity index (χ4n) is 4.02. The smallest absolute Gasteiger partial charge is 0.309 e.